The van der Waals surface area contributed by atoms with Gasteiger partial charge < -0.3 is 11.1 Å². The van der Waals surface area contributed by atoms with Crippen LogP contribution in [0.4, 0.5) is 20.3 Å². The number of nitrogens with one attached hydrogen (secondary N) is 1. The SMILES string of the molecule is N#Cc1ccnc2c1C(C(=O)c1c(F)ccc(N)c1F)CN2. The number of nitrogens with zero attached hydrogens (tertiary/aromatic N) is 2. The van der Waals surface area contributed by atoms with Crippen molar-refractivity contribution in [2.75, 3.05) is 17.6 Å². The summed E-state index contributed by atoms with van der Waals surface area (Å²) in [4.78, 5) is 16.6. The molecule has 2 aromatic rings. The summed E-state index contributed by atoms with van der Waals surface area (Å²) < 4.78 is 27.9. The van der Waals surface area contributed by atoms with Crippen molar-refractivity contribution < 1.29 is 13.6 Å². The zero-order valence-corrected chi connectivity index (χ0v) is 11.2. The standard InChI is InChI=1S/C15H10F2N4O/c16-9-1-2-10(19)13(17)12(9)14(22)8-6-21-15-11(8)7(5-18)3-4-20-15/h1-4,8H,6,19H2,(H,20,21). The molecule has 3 N–H and O–H groups in total. The van der Waals surface area contributed by atoms with Crippen LogP contribution >= 0.6 is 0 Å². The smallest absolute Gasteiger partial charge is 0.178 e. The van der Waals surface area contributed by atoms with Crippen LogP contribution in [0.15, 0.2) is 24.4 Å². The second kappa shape index (κ2) is 5.07. The lowest BCUT2D eigenvalue weighted by atomic mass is 9.90. The lowest BCUT2D eigenvalue weighted by molar-refractivity contribution is 0.0958. The van der Waals surface area contributed by atoms with Crippen LogP contribution < -0.4 is 11.1 Å². The number of nitrogens with two attached hydrogens (primary N) is 1. The van der Waals surface area contributed by atoms with Crippen LogP contribution in [0.3, 0.4) is 0 Å². The molecule has 0 spiro atoms. The van der Waals surface area contributed by atoms with E-state index in [1.165, 1.54) is 12.3 Å². The first-order chi connectivity index (χ1) is 10.5. The molecule has 0 saturated heterocycles. The van der Waals surface area contributed by atoms with Crippen molar-refractivity contribution in [2.45, 2.75) is 5.92 Å². The number of benzene rings is 1. The van der Waals surface area contributed by atoms with Gasteiger partial charge in [-0.25, -0.2) is 13.8 Å². The fourth-order valence-corrected chi connectivity index (χ4v) is 2.56. The van der Waals surface area contributed by atoms with E-state index >= 15 is 0 Å². The Morgan fingerprint density at radius 1 is 1.41 bits per heavy atom. The molecule has 5 nitrogen and oxygen atoms in total. The molecule has 0 aliphatic carbocycles. The predicted molar refractivity (Wildman–Crippen MR) is 75.3 cm³/mol. The van der Waals surface area contributed by atoms with Gasteiger partial charge in [0, 0.05) is 18.3 Å². The Morgan fingerprint density at radius 2 is 2.18 bits per heavy atom. The van der Waals surface area contributed by atoms with Gasteiger partial charge in [0.1, 0.15) is 11.6 Å². The Kier molecular flexibility index (Phi) is 3.22. The zero-order valence-electron chi connectivity index (χ0n) is 11.2. The number of hydrogen-bond donors (Lipinski definition) is 2. The van der Waals surface area contributed by atoms with Crippen molar-refractivity contribution >= 4 is 17.3 Å². The molecule has 1 aliphatic heterocycles. The van der Waals surface area contributed by atoms with Crippen LogP contribution in [0.5, 0.6) is 0 Å². The van der Waals surface area contributed by atoms with Gasteiger partial charge in [0.2, 0.25) is 0 Å². The van der Waals surface area contributed by atoms with Crippen LogP contribution in [-0.2, 0) is 0 Å². The van der Waals surface area contributed by atoms with Gasteiger partial charge in [0.15, 0.2) is 11.6 Å². The summed E-state index contributed by atoms with van der Waals surface area (Å²) in [6.07, 6.45) is 1.43. The minimum Gasteiger partial charge on any atom is -0.396 e. The molecular formula is C15H10F2N4O. The molecule has 7 heteroatoms. The van der Waals surface area contributed by atoms with Gasteiger partial charge in [-0.2, -0.15) is 5.26 Å². The number of nitrogen functional groups attached to an aromatic ring is 1. The number of carbonyl (C=O) groups excluding carboxylic acids is 1. The molecule has 110 valence electrons. The number of ketones is 1. The van der Waals surface area contributed by atoms with E-state index in [2.05, 4.69) is 10.3 Å². The highest BCUT2D eigenvalue weighted by atomic mass is 19.1. The number of aromatic nitrogens is 1. The Balaban J connectivity index is 2.12. The third kappa shape index (κ3) is 1.97. The second-order valence-electron chi connectivity index (χ2n) is 4.86. The maximum atomic E-state index is 14.0. The van der Waals surface area contributed by atoms with Gasteiger partial charge in [-0.05, 0) is 18.2 Å². The summed E-state index contributed by atoms with van der Waals surface area (Å²) in [6, 6.07) is 5.42. The van der Waals surface area contributed by atoms with Gasteiger partial charge in [-0.15, -0.1) is 0 Å². The normalized spacial score (nSPS) is 15.8. The third-order valence-corrected chi connectivity index (χ3v) is 3.62. The number of fused-ring (bicyclic) bond motifs is 1. The number of carbonyl (C=O) groups is 1. The Morgan fingerprint density at radius 3 is 2.91 bits per heavy atom. The number of hydrogen-bond acceptors (Lipinski definition) is 5. The Labute approximate surface area is 124 Å². The molecule has 0 radical (unpaired) electrons. The first kappa shape index (κ1) is 13.9. The molecule has 1 aromatic carbocycles. The average molecular weight is 300 g/mol. The molecule has 2 heterocycles. The van der Waals surface area contributed by atoms with E-state index in [4.69, 9.17) is 11.0 Å². The average Bonchev–Trinajstić information content (AvgIpc) is 2.95. The van der Waals surface area contributed by atoms with Crippen molar-refractivity contribution in [1.82, 2.24) is 4.98 Å². The first-order valence-corrected chi connectivity index (χ1v) is 6.45. The topological polar surface area (TPSA) is 91.8 Å². The summed E-state index contributed by atoms with van der Waals surface area (Å²) in [7, 11) is 0. The van der Waals surface area contributed by atoms with Gasteiger partial charge >= 0.3 is 0 Å². The van der Waals surface area contributed by atoms with Gasteiger partial charge in [-0.3, -0.25) is 4.79 Å². The van der Waals surface area contributed by atoms with Crippen LogP contribution in [0, 0.1) is 23.0 Å². The number of pyridine rings is 1. The predicted octanol–water partition coefficient (Wildman–Crippen LogP) is 2.21. The Hall–Kier alpha value is -3.01. The third-order valence-electron chi connectivity index (χ3n) is 3.62. The number of anilines is 2. The Bertz CT molecular complexity index is 829. The fourth-order valence-electron chi connectivity index (χ4n) is 2.56. The van der Waals surface area contributed by atoms with E-state index in [9.17, 15) is 13.6 Å². The number of nitriles is 1. The van der Waals surface area contributed by atoms with E-state index < -0.39 is 28.9 Å². The van der Waals surface area contributed by atoms with Crippen LogP contribution in [0.25, 0.3) is 0 Å². The van der Waals surface area contributed by atoms with Crippen LogP contribution in [0.2, 0.25) is 0 Å². The van der Waals surface area contributed by atoms with Crippen molar-refractivity contribution in [3.05, 3.63) is 52.7 Å². The number of Topliss-reactive ketones (excluding diaryl/α,β-unsaturated/α-hetero) is 1. The maximum Gasteiger partial charge on any atom is 0.178 e. The van der Waals surface area contributed by atoms with Gasteiger partial charge in [0.25, 0.3) is 0 Å². The molecule has 0 bridgehead atoms. The fraction of sp³-hybridized carbons (Fsp3) is 0.133. The van der Waals surface area contributed by atoms with Crippen LogP contribution in [-0.4, -0.2) is 17.3 Å². The summed E-state index contributed by atoms with van der Waals surface area (Å²) in [5.74, 6) is -3.34. The highest BCUT2D eigenvalue weighted by Crippen LogP contribution is 2.36. The first-order valence-electron chi connectivity index (χ1n) is 6.45. The molecule has 1 unspecified atom stereocenters. The summed E-state index contributed by atoms with van der Waals surface area (Å²) in [6.45, 7) is 0.119. The zero-order chi connectivity index (χ0) is 15.9. The molecule has 1 aromatic heterocycles. The number of halogens is 2. The quantitative estimate of drug-likeness (QED) is 0.655. The molecule has 0 saturated carbocycles. The van der Waals surface area contributed by atoms with Crippen molar-refractivity contribution in [1.29, 1.82) is 5.26 Å². The maximum absolute atomic E-state index is 14.0. The summed E-state index contributed by atoms with van der Waals surface area (Å²) >= 11 is 0. The summed E-state index contributed by atoms with van der Waals surface area (Å²) in [5, 5.41) is 12.0. The minimum atomic E-state index is -1.08. The molecule has 1 aliphatic rings. The van der Waals surface area contributed by atoms with E-state index in [0.717, 1.165) is 12.1 Å². The largest absolute Gasteiger partial charge is 0.396 e. The van der Waals surface area contributed by atoms with Crippen molar-refractivity contribution in [3.63, 3.8) is 0 Å². The van der Waals surface area contributed by atoms with Crippen molar-refractivity contribution in [2.24, 2.45) is 0 Å². The van der Waals surface area contributed by atoms with E-state index in [0.29, 0.717) is 11.4 Å². The molecule has 1 atom stereocenters. The molecule has 0 amide bonds. The second-order valence-corrected chi connectivity index (χ2v) is 4.86. The molecular weight excluding hydrogens is 290 g/mol. The van der Waals surface area contributed by atoms with Gasteiger partial charge in [-0.1, -0.05) is 0 Å². The summed E-state index contributed by atoms with van der Waals surface area (Å²) in [5.41, 5.74) is 5.02. The molecule has 0 fully saturated rings. The lowest BCUT2D eigenvalue weighted by Gasteiger charge is -2.12. The van der Waals surface area contributed by atoms with E-state index in [1.54, 1.807) is 0 Å². The highest BCUT2D eigenvalue weighted by molar-refractivity contribution is 6.04. The van der Waals surface area contributed by atoms with E-state index in [-0.39, 0.29) is 17.8 Å². The number of rotatable bonds is 2. The minimum absolute atomic E-state index is 0.119. The van der Waals surface area contributed by atoms with Gasteiger partial charge in [0.05, 0.1) is 28.8 Å². The van der Waals surface area contributed by atoms with Crippen molar-refractivity contribution in [3.8, 4) is 6.07 Å². The molecule has 3 rings (SSSR count). The highest BCUT2D eigenvalue weighted by Gasteiger charge is 2.35. The lowest BCUT2D eigenvalue weighted by Crippen LogP contribution is -2.19. The monoisotopic (exact) mass is 300 g/mol. The van der Waals surface area contributed by atoms with E-state index in [1.807, 2.05) is 6.07 Å². The van der Waals surface area contributed by atoms with Crippen LogP contribution in [0.1, 0.15) is 27.4 Å². The molecule has 22 heavy (non-hydrogen) atoms.